The molecule has 1 aliphatic rings. The molecule has 146 valence electrons. The van der Waals surface area contributed by atoms with Gasteiger partial charge in [-0.05, 0) is 19.3 Å². The number of ether oxygens (including phenoxy) is 1. The molecule has 0 bridgehead atoms. The van der Waals surface area contributed by atoms with Gasteiger partial charge in [0.2, 0.25) is 5.91 Å². The number of nitrogens with zero attached hydrogens (tertiary/aromatic N) is 3. The lowest BCUT2D eigenvalue weighted by Crippen LogP contribution is -2.50. The Labute approximate surface area is 153 Å². The van der Waals surface area contributed by atoms with E-state index in [1.807, 2.05) is 4.90 Å². The summed E-state index contributed by atoms with van der Waals surface area (Å²) in [5.74, 6) is 1.63. The van der Waals surface area contributed by atoms with E-state index in [-0.39, 0.29) is 5.91 Å². The smallest absolute Gasteiger partial charge is 0.219 e. The number of carbonyl (C=O) groups excluding carboxylic acids is 1. The second-order valence-electron chi connectivity index (χ2n) is 6.86. The van der Waals surface area contributed by atoms with Crippen molar-refractivity contribution < 1.29 is 9.53 Å². The van der Waals surface area contributed by atoms with Gasteiger partial charge in [-0.2, -0.15) is 0 Å². The van der Waals surface area contributed by atoms with Crippen LogP contribution in [0.25, 0.3) is 0 Å². The molecule has 0 saturated carbocycles. The maximum absolute atomic E-state index is 11.3. The number of hydrogen-bond donors (Lipinski definition) is 2. The molecule has 1 heterocycles. The fraction of sp³-hybridized carbons (Fsp3) is 0.889. The Bertz CT molecular complexity index is 393. The van der Waals surface area contributed by atoms with E-state index in [4.69, 9.17) is 4.74 Å². The first-order valence-corrected chi connectivity index (χ1v) is 9.60. The van der Waals surface area contributed by atoms with Gasteiger partial charge in [0, 0.05) is 72.5 Å². The zero-order valence-corrected chi connectivity index (χ0v) is 16.5. The monoisotopic (exact) mass is 355 g/mol. The van der Waals surface area contributed by atoms with E-state index in [2.05, 4.69) is 41.3 Å². The number of rotatable bonds is 10. The second-order valence-corrected chi connectivity index (χ2v) is 6.86. The van der Waals surface area contributed by atoms with Gasteiger partial charge in [-0.25, -0.2) is 0 Å². The molecule has 1 aliphatic heterocycles. The van der Waals surface area contributed by atoms with Gasteiger partial charge in [-0.15, -0.1) is 0 Å². The van der Waals surface area contributed by atoms with E-state index in [0.717, 1.165) is 78.0 Å². The van der Waals surface area contributed by atoms with Crippen LogP contribution in [0.5, 0.6) is 0 Å². The largest absolute Gasteiger partial charge is 0.381 e. The van der Waals surface area contributed by atoms with E-state index >= 15 is 0 Å². The minimum atomic E-state index is 0.178. The fourth-order valence-electron chi connectivity index (χ4n) is 2.64. The normalized spacial score (nSPS) is 16.4. The first kappa shape index (κ1) is 21.7. The van der Waals surface area contributed by atoms with Gasteiger partial charge < -0.3 is 20.3 Å². The Hall–Kier alpha value is -1.34. The molecule has 0 spiro atoms. The first-order chi connectivity index (χ1) is 12.0. The lowest BCUT2D eigenvalue weighted by atomic mass is 10.2. The Kier molecular flexibility index (Phi) is 11.2. The van der Waals surface area contributed by atoms with Crippen molar-refractivity contribution in [2.45, 2.75) is 34.1 Å². The van der Waals surface area contributed by atoms with Crippen LogP contribution in [-0.4, -0.2) is 87.2 Å². The number of amides is 1. The highest BCUT2D eigenvalue weighted by Crippen LogP contribution is 2.01. The number of nitrogens with one attached hydrogen (secondary N) is 2. The van der Waals surface area contributed by atoms with Crippen LogP contribution in [-0.2, 0) is 9.53 Å². The average Bonchev–Trinajstić information content (AvgIpc) is 2.58. The summed E-state index contributed by atoms with van der Waals surface area (Å²) in [6.07, 6.45) is 0.941. The quantitative estimate of drug-likeness (QED) is 0.344. The summed E-state index contributed by atoms with van der Waals surface area (Å²) in [4.78, 5) is 20.2. The van der Waals surface area contributed by atoms with E-state index in [0.29, 0.717) is 5.92 Å². The summed E-state index contributed by atoms with van der Waals surface area (Å²) in [6, 6.07) is 0. The molecule has 7 heteroatoms. The van der Waals surface area contributed by atoms with Crippen molar-refractivity contribution in [2.24, 2.45) is 10.9 Å². The Morgan fingerprint density at radius 3 is 2.52 bits per heavy atom. The van der Waals surface area contributed by atoms with Gasteiger partial charge in [0.1, 0.15) is 0 Å². The van der Waals surface area contributed by atoms with E-state index in [1.54, 1.807) is 6.92 Å². The first-order valence-electron chi connectivity index (χ1n) is 9.60. The Morgan fingerprint density at radius 1 is 1.20 bits per heavy atom. The second kappa shape index (κ2) is 12.9. The highest BCUT2D eigenvalue weighted by Gasteiger charge is 2.17. The number of guanidine groups is 1. The van der Waals surface area contributed by atoms with Crippen LogP contribution in [0, 0.1) is 5.92 Å². The van der Waals surface area contributed by atoms with Crippen LogP contribution in [0.3, 0.4) is 0 Å². The molecule has 7 nitrogen and oxygen atoms in total. The van der Waals surface area contributed by atoms with Gasteiger partial charge in [0.25, 0.3) is 0 Å². The lowest BCUT2D eigenvalue weighted by Gasteiger charge is -2.34. The van der Waals surface area contributed by atoms with Gasteiger partial charge in [-0.1, -0.05) is 13.8 Å². The molecule has 1 fully saturated rings. The topological polar surface area (TPSA) is 69.2 Å². The third-order valence-electron chi connectivity index (χ3n) is 4.05. The van der Waals surface area contributed by atoms with Gasteiger partial charge in [0.05, 0.1) is 0 Å². The van der Waals surface area contributed by atoms with Crippen LogP contribution < -0.4 is 10.6 Å². The average molecular weight is 356 g/mol. The number of piperazine rings is 1. The highest BCUT2D eigenvalue weighted by molar-refractivity contribution is 5.79. The predicted octanol–water partition coefficient (Wildman–Crippen LogP) is 0.768. The minimum Gasteiger partial charge on any atom is -0.381 e. The van der Waals surface area contributed by atoms with Crippen molar-refractivity contribution in [1.82, 2.24) is 20.4 Å². The van der Waals surface area contributed by atoms with Crippen molar-refractivity contribution in [3.8, 4) is 0 Å². The number of hydrogen-bond acceptors (Lipinski definition) is 4. The van der Waals surface area contributed by atoms with Crippen LogP contribution >= 0.6 is 0 Å². The molecule has 2 N–H and O–H groups in total. The van der Waals surface area contributed by atoms with Gasteiger partial charge >= 0.3 is 0 Å². The highest BCUT2D eigenvalue weighted by atomic mass is 16.5. The van der Waals surface area contributed by atoms with Crippen LogP contribution in [0.4, 0.5) is 0 Å². The SMILES string of the molecule is CCNC(=NCCCOCC(C)C)NCCN1CCN(C(C)=O)CC1. The molecular formula is C18H37N5O2. The van der Waals surface area contributed by atoms with Crippen molar-refractivity contribution in [3.05, 3.63) is 0 Å². The predicted molar refractivity (Wildman–Crippen MR) is 103 cm³/mol. The molecule has 1 saturated heterocycles. The van der Waals surface area contributed by atoms with E-state index < -0.39 is 0 Å². The molecule has 0 atom stereocenters. The summed E-state index contributed by atoms with van der Waals surface area (Å²) < 4.78 is 5.58. The standard InChI is InChI=1S/C18H37N5O2/c1-5-19-18(20-7-6-14-25-15-16(2)3)21-8-9-22-10-12-23(13-11-22)17(4)24/h16H,5-15H2,1-4H3,(H2,19,20,21). The third-order valence-corrected chi connectivity index (χ3v) is 4.05. The Morgan fingerprint density at radius 2 is 1.92 bits per heavy atom. The Balaban J connectivity index is 2.17. The third kappa shape index (κ3) is 10.3. The zero-order valence-electron chi connectivity index (χ0n) is 16.5. The molecule has 25 heavy (non-hydrogen) atoms. The molecule has 1 rings (SSSR count). The van der Waals surface area contributed by atoms with Crippen LogP contribution in [0.2, 0.25) is 0 Å². The fourth-order valence-corrected chi connectivity index (χ4v) is 2.64. The van der Waals surface area contributed by atoms with Gasteiger partial charge in [-0.3, -0.25) is 14.7 Å². The molecule has 0 unspecified atom stereocenters. The lowest BCUT2D eigenvalue weighted by molar-refractivity contribution is -0.130. The molecule has 0 aromatic carbocycles. The minimum absolute atomic E-state index is 0.178. The van der Waals surface area contributed by atoms with E-state index in [9.17, 15) is 4.79 Å². The summed E-state index contributed by atoms with van der Waals surface area (Å²) >= 11 is 0. The van der Waals surface area contributed by atoms with Crippen molar-refractivity contribution >= 4 is 11.9 Å². The summed E-state index contributed by atoms with van der Waals surface area (Å²) in [6.45, 7) is 16.6. The van der Waals surface area contributed by atoms with Gasteiger partial charge in [0.15, 0.2) is 5.96 Å². The molecule has 0 radical (unpaired) electrons. The summed E-state index contributed by atoms with van der Waals surface area (Å²) in [5, 5.41) is 6.67. The molecule has 0 aromatic heterocycles. The maximum Gasteiger partial charge on any atom is 0.219 e. The summed E-state index contributed by atoms with van der Waals surface area (Å²) in [5.41, 5.74) is 0. The van der Waals surface area contributed by atoms with E-state index in [1.165, 1.54) is 0 Å². The number of carbonyl (C=O) groups is 1. The number of aliphatic imine (C=N–C) groups is 1. The maximum atomic E-state index is 11.3. The summed E-state index contributed by atoms with van der Waals surface area (Å²) in [7, 11) is 0. The molecule has 0 aromatic rings. The van der Waals surface area contributed by atoms with Crippen molar-refractivity contribution in [3.63, 3.8) is 0 Å². The zero-order chi connectivity index (χ0) is 18.5. The van der Waals surface area contributed by atoms with Crippen LogP contribution in [0.15, 0.2) is 4.99 Å². The molecule has 1 amide bonds. The van der Waals surface area contributed by atoms with Crippen LogP contribution in [0.1, 0.15) is 34.1 Å². The molecular weight excluding hydrogens is 318 g/mol. The molecule has 0 aliphatic carbocycles. The van der Waals surface area contributed by atoms with Crippen molar-refractivity contribution in [2.75, 3.05) is 65.6 Å². The van der Waals surface area contributed by atoms with Crippen molar-refractivity contribution in [1.29, 1.82) is 0 Å².